The highest BCUT2D eigenvalue weighted by Crippen LogP contribution is 2.38. The van der Waals surface area contributed by atoms with Crippen molar-refractivity contribution in [2.45, 2.75) is 122 Å². The third-order valence-corrected chi connectivity index (χ3v) is 9.04. The Labute approximate surface area is 357 Å². The van der Waals surface area contributed by atoms with E-state index < -0.39 is 38.6 Å². The van der Waals surface area contributed by atoms with Crippen molar-refractivity contribution >= 4 is 19.8 Å². The van der Waals surface area contributed by atoms with Gasteiger partial charge in [-0.05, 0) is 83.5 Å². The number of unbranched alkanes of at least 4 members (excludes halogenated alkanes) is 2. The van der Waals surface area contributed by atoms with Crippen LogP contribution in [0.2, 0.25) is 0 Å². The fraction of sp³-hybridized carbons (Fsp3) is 0.542. The zero-order chi connectivity index (χ0) is 43.7. The number of phosphoric acid groups is 1. The predicted octanol–water partition coefficient (Wildman–Crippen LogP) is 10.5. The Morgan fingerprint density at radius 3 is 1.73 bits per heavy atom. The maximum Gasteiger partial charge on any atom is 0.306 e. The van der Waals surface area contributed by atoms with E-state index in [1.807, 2.05) is 69.8 Å². The molecule has 332 valence electrons. The molecular formula is C48H76NO9P. The van der Waals surface area contributed by atoms with Crippen molar-refractivity contribution in [2.24, 2.45) is 0 Å². The number of allylic oxidation sites excluding steroid dienone is 18. The standard InChI is InChI=1S/C48H76NO9P/c1-6-8-10-12-14-15-16-17-18-19-20-25-28-32-36-40-48(52)58-46(44-57-59(53,54)56-42-41-49(3,4)5)43-55-47(51)39-35-31-27-24-22-21-23-26-30-34-38-45(50)37-33-29-13-11-9-7-2/h8-11,14-15,17-18,20-22,25-27,29-31,33-34,38,45-46,50H,6-7,12-13,16,19,23-24,28,32,35-37,39-44H2,1-5H3/b10-8-,11-9-,15-14-,18-17-,22-21-,25-20-,30-26-,31-27-,33-29-,38-34+/t45?,46-/m1/s1. The Bertz CT molecular complexity index is 1430. The van der Waals surface area contributed by atoms with Gasteiger partial charge in [0.05, 0.1) is 33.9 Å². The van der Waals surface area contributed by atoms with Crippen LogP contribution in [0.4, 0.5) is 0 Å². The van der Waals surface area contributed by atoms with Crippen molar-refractivity contribution in [1.82, 2.24) is 0 Å². The fourth-order valence-corrected chi connectivity index (χ4v) is 5.48. The normalized spacial score (nSPS) is 15.3. The fourth-order valence-electron chi connectivity index (χ4n) is 4.75. The minimum absolute atomic E-state index is 0.0663. The van der Waals surface area contributed by atoms with Gasteiger partial charge < -0.3 is 33.0 Å². The number of aliphatic hydroxyl groups excluding tert-OH is 1. The maximum atomic E-state index is 12.6. The summed E-state index contributed by atoms with van der Waals surface area (Å²) >= 11 is 0. The third-order valence-electron chi connectivity index (χ3n) is 8.07. The number of carbonyl (C=O) groups is 2. The number of carbonyl (C=O) groups excluding carboxylic acids is 2. The molecule has 0 saturated heterocycles. The molecule has 0 saturated carbocycles. The summed E-state index contributed by atoms with van der Waals surface area (Å²) in [6.45, 7) is 3.73. The Morgan fingerprint density at radius 1 is 0.627 bits per heavy atom. The van der Waals surface area contributed by atoms with Gasteiger partial charge in [0.15, 0.2) is 6.10 Å². The first-order valence-electron chi connectivity index (χ1n) is 21.4. The van der Waals surface area contributed by atoms with Crippen LogP contribution >= 0.6 is 7.82 Å². The Balaban J connectivity index is 4.65. The van der Waals surface area contributed by atoms with Gasteiger partial charge in [-0.3, -0.25) is 14.2 Å². The van der Waals surface area contributed by atoms with Crippen LogP contribution in [0.5, 0.6) is 0 Å². The van der Waals surface area contributed by atoms with Gasteiger partial charge in [-0.15, -0.1) is 0 Å². The molecule has 0 aromatic carbocycles. The van der Waals surface area contributed by atoms with E-state index in [2.05, 4.69) is 80.7 Å². The quantitative estimate of drug-likeness (QED) is 0.0164. The topological polar surface area (TPSA) is 131 Å². The second-order valence-corrected chi connectivity index (χ2v) is 16.2. The molecule has 0 aliphatic carbocycles. The van der Waals surface area contributed by atoms with E-state index in [0.29, 0.717) is 36.7 Å². The third kappa shape index (κ3) is 42.3. The molecule has 0 aromatic rings. The van der Waals surface area contributed by atoms with Crippen molar-refractivity contribution in [2.75, 3.05) is 47.5 Å². The van der Waals surface area contributed by atoms with Gasteiger partial charge >= 0.3 is 11.9 Å². The molecule has 0 rings (SSSR count). The van der Waals surface area contributed by atoms with Gasteiger partial charge in [-0.1, -0.05) is 135 Å². The average Bonchev–Trinajstić information content (AvgIpc) is 3.18. The van der Waals surface area contributed by atoms with Gasteiger partial charge in [0.1, 0.15) is 19.8 Å². The summed E-state index contributed by atoms with van der Waals surface area (Å²) < 4.78 is 33.7. The van der Waals surface area contributed by atoms with E-state index in [1.165, 1.54) is 0 Å². The van der Waals surface area contributed by atoms with E-state index in [1.54, 1.807) is 6.08 Å². The summed E-state index contributed by atoms with van der Waals surface area (Å²) in [6.07, 6.45) is 49.9. The van der Waals surface area contributed by atoms with E-state index in [-0.39, 0.29) is 26.1 Å². The van der Waals surface area contributed by atoms with Gasteiger partial charge in [0.25, 0.3) is 7.82 Å². The molecule has 11 heteroatoms. The zero-order valence-electron chi connectivity index (χ0n) is 36.7. The lowest BCUT2D eigenvalue weighted by atomic mass is 10.2. The SMILES string of the molecule is CC/C=C\C/C=C\C/C=C\C/C=C\CCCCC(=O)O[C@H](COC(=O)CC/C=C\C/C=C\C/C=C\C=C\C(O)C/C=C\C/C=C\CC)COP(=O)([O-])OCC[N+](C)(C)C. The molecule has 0 amide bonds. The number of hydrogen-bond donors (Lipinski definition) is 1. The lowest BCUT2D eigenvalue weighted by molar-refractivity contribution is -0.870. The number of esters is 2. The predicted molar refractivity (Wildman–Crippen MR) is 241 cm³/mol. The number of likely N-dealkylation sites (N-methyl/N-ethyl adjacent to an activating group) is 1. The minimum atomic E-state index is -4.67. The van der Waals surface area contributed by atoms with Gasteiger partial charge in [-0.2, -0.15) is 0 Å². The lowest BCUT2D eigenvalue weighted by Crippen LogP contribution is -2.37. The van der Waals surface area contributed by atoms with Crippen molar-refractivity contribution in [3.8, 4) is 0 Å². The highest BCUT2D eigenvalue weighted by molar-refractivity contribution is 7.45. The molecular weight excluding hydrogens is 766 g/mol. The van der Waals surface area contributed by atoms with E-state index >= 15 is 0 Å². The number of aliphatic hydroxyl groups is 1. The van der Waals surface area contributed by atoms with E-state index in [4.69, 9.17) is 18.5 Å². The largest absolute Gasteiger partial charge is 0.756 e. The number of nitrogens with zero attached hydrogens (tertiary/aromatic N) is 1. The van der Waals surface area contributed by atoms with Crippen molar-refractivity contribution in [3.63, 3.8) is 0 Å². The minimum Gasteiger partial charge on any atom is -0.756 e. The molecule has 1 N–H and O–H groups in total. The molecule has 0 heterocycles. The van der Waals surface area contributed by atoms with Crippen LogP contribution in [-0.2, 0) is 32.7 Å². The second kappa shape index (κ2) is 38.6. The Hall–Kier alpha value is -3.63. The summed E-state index contributed by atoms with van der Waals surface area (Å²) in [5, 5.41) is 10.0. The smallest absolute Gasteiger partial charge is 0.306 e. The number of rotatable bonds is 36. The van der Waals surface area contributed by atoms with Crippen molar-refractivity contribution in [3.05, 3.63) is 122 Å². The number of quaternary nitrogens is 1. The Morgan fingerprint density at radius 2 is 1.15 bits per heavy atom. The summed E-state index contributed by atoms with van der Waals surface area (Å²) in [4.78, 5) is 37.5. The van der Waals surface area contributed by atoms with Gasteiger partial charge in [0, 0.05) is 12.8 Å². The molecule has 0 aromatic heterocycles. The maximum absolute atomic E-state index is 12.6. The molecule has 59 heavy (non-hydrogen) atoms. The van der Waals surface area contributed by atoms with Crippen molar-refractivity contribution < 1.29 is 47.2 Å². The first-order valence-corrected chi connectivity index (χ1v) is 22.8. The van der Waals surface area contributed by atoms with Crippen LogP contribution in [-0.4, -0.2) is 81.2 Å². The van der Waals surface area contributed by atoms with Gasteiger partial charge in [0.2, 0.25) is 0 Å². The average molecular weight is 842 g/mol. The highest BCUT2D eigenvalue weighted by atomic mass is 31.2. The molecule has 10 nitrogen and oxygen atoms in total. The van der Waals surface area contributed by atoms with Crippen LogP contribution in [0.1, 0.15) is 110 Å². The van der Waals surface area contributed by atoms with Crippen LogP contribution in [0.3, 0.4) is 0 Å². The number of ether oxygens (including phenoxy) is 2. The van der Waals surface area contributed by atoms with Crippen LogP contribution in [0, 0.1) is 0 Å². The monoisotopic (exact) mass is 842 g/mol. The summed E-state index contributed by atoms with van der Waals surface area (Å²) in [7, 11) is 1.04. The van der Waals surface area contributed by atoms with Crippen molar-refractivity contribution in [1.29, 1.82) is 0 Å². The number of hydrogen-bond acceptors (Lipinski definition) is 9. The molecule has 3 atom stereocenters. The molecule has 0 bridgehead atoms. The van der Waals surface area contributed by atoms with Crippen LogP contribution < -0.4 is 4.89 Å². The van der Waals surface area contributed by atoms with Crippen LogP contribution in [0.25, 0.3) is 0 Å². The van der Waals surface area contributed by atoms with E-state index in [9.17, 15) is 24.2 Å². The zero-order valence-corrected chi connectivity index (χ0v) is 37.6. The first kappa shape index (κ1) is 55.4. The lowest BCUT2D eigenvalue weighted by Gasteiger charge is -2.28. The Kier molecular flexibility index (Phi) is 36.2. The molecule has 0 aliphatic heterocycles. The molecule has 0 aliphatic rings. The first-order chi connectivity index (χ1) is 28.4. The number of phosphoric ester groups is 1. The van der Waals surface area contributed by atoms with E-state index in [0.717, 1.165) is 57.8 Å². The summed E-state index contributed by atoms with van der Waals surface area (Å²) in [5.74, 6) is -1.03. The molecule has 0 spiro atoms. The molecule has 0 fully saturated rings. The summed E-state index contributed by atoms with van der Waals surface area (Å²) in [6, 6.07) is 0. The van der Waals surface area contributed by atoms with Crippen LogP contribution in [0.15, 0.2) is 122 Å². The molecule has 0 radical (unpaired) electrons. The van der Waals surface area contributed by atoms with Gasteiger partial charge in [-0.25, -0.2) is 0 Å². The highest BCUT2D eigenvalue weighted by Gasteiger charge is 2.21. The second-order valence-electron chi connectivity index (χ2n) is 14.8. The summed E-state index contributed by atoms with van der Waals surface area (Å²) in [5.41, 5.74) is 0. The molecule has 2 unspecified atom stereocenters.